The Morgan fingerprint density at radius 3 is 1.62 bits per heavy atom. The summed E-state index contributed by atoms with van der Waals surface area (Å²) in [4.78, 5) is 0. The largest absolute Gasteiger partial charge is 0.494 e. The predicted molar refractivity (Wildman–Crippen MR) is 142 cm³/mol. The van der Waals surface area contributed by atoms with Gasteiger partial charge in [-0.15, -0.1) is 0 Å². The van der Waals surface area contributed by atoms with Crippen LogP contribution < -0.4 is 9.47 Å². The Hall–Kier alpha value is -3.99. The van der Waals surface area contributed by atoms with Gasteiger partial charge in [0.25, 0.3) is 0 Å². The highest BCUT2D eigenvalue weighted by atomic mass is 19.4. The molecular weight excluding hydrogens is 473 g/mol. The zero-order chi connectivity index (χ0) is 26.3. The first kappa shape index (κ1) is 26.1. The topological polar surface area (TPSA) is 18.5 Å². The fraction of sp³-hybridized carbons (Fsp3) is 0.188. The van der Waals surface area contributed by atoms with Crippen molar-refractivity contribution < 1.29 is 22.6 Å². The minimum atomic E-state index is -4.37. The van der Waals surface area contributed by atoms with Crippen LogP contribution in [-0.4, -0.2) is 6.61 Å². The van der Waals surface area contributed by atoms with Crippen molar-refractivity contribution in [1.29, 1.82) is 0 Å². The third kappa shape index (κ3) is 6.62. The van der Waals surface area contributed by atoms with E-state index in [0.717, 1.165) is 57.0 Å². The summed E-state index contributed by atoms with van der Waals surface area (Å²) in [6.07, 6.45) is -3.73. The molecular formula is C32H29F3O2. The van der Waals surface area contributed by atoms with Crippen LogP contribution >= 0.6 is 0 Å². The summed E-state index contributed by atoms with van der Waals surface area (Å²) in [5.41, 5.74) is 5.00. The van der Waals surface area contributed by atoms with Crippen molar-refractivity contribution in [2.45, 2.75) is 33.1 Å². The molecule has 0 amide bonds. The molecule has 0 aliphatic carbocycles. The maximum atomic E-state index is 13.2. The van der Waals surface area contributed by atoms with Gasteiger partial charge in [0.1, 0.15) is 18.1 Å². The van der Waals surface area contributed by atoms with Crippen molar-refractivity contribution in [3.05, 3.63) is 131 Å². The van der Waals surface area contributed by atoms with E-state index in [1.807, 2.05) is 92.7 Å². The zero-order valence-corrected chi connectivity index (χ0v) is 20.9. The third-order valence-electron chi connectivity index (χ3n) is 6.06. The molecule has 0 fully saturated rings. The highest BCUT2D eigenvalue weighted by Gasteiger charge is 2.30. The fourth-order valence-corrected chi connectivity index (χ4v) is 4.24. The summed E-state index contributed by atoms with van der Waals surface area (Å²) < 4.78 is 51.1. The normalized spacial score (nSPS) is 12.1. The van der Waals surface area contributed by atoms with Gasteiger partial charge in [-0.25, -0.2) is 0 Å². The summed E-state index contributed by atoms with van der Waals surface area (Å²) >= 11 is 0. The number of ether oxygens (including phenoxy) is 2. The van der Waals surface area contributed by atoms with E-state index in [2.05, 4.69) is 0 Å². The predicted octanol–water partition coefficient (Wildman–Crippen LogP) is 9.05. The summed E-state index contributed by atoms with van der Waals surface area (Å²) in [5, 5.41) is 0. The smallest absolute Gasteiger partial charge is 0.416 e. The number of rotatable bonds is 9. The quantitative estimate of drug-likeness (QED) is 0.213. The van der Waals surface area contributed by atoms with Crippen molar-refractivity contribution >= 4 is 11.1 Å². The van der Waals surface area contributed by atoms with Gasteiger partial charge >= 0.3 is 6.18 Å². The molecule has 0 aliphatic heterocycles. The Kier molecular flexibility index (Phi) is 8.34. The molecule has 0 saturated carbocycles. The van der Waals surface area contributed by atoms with Crippen LogP contribution in [0.5, 0.6) is 11.5 Å². The average molecular weight is 503 g/mol. The number of alkyl halides is 3. The molecule has 0 radical (unpaired) electrons. The molecule has 0 aliphatic rings. The lowest BCUT2D eigenvalue weighted by atomic mass is 9.88. The van der Waals surface area contributed by atoms with E-state index >= 15 is 0 Å². The Morgan fingerprint density at radius 2 is 1.14 bits per heavy atom. The van der Waals surface area contributed by atoms with Crippen molar-refractivity contribution in [1.82, 2.24) is 0 Å². The number of hydrogen-bond acceptors (Lipinski definition) is 2. The van der Waals surface area contributed by atoms with Gasteiger partial charge < -0.3 is 9.47 Å². The van der Waals surface area contributed by atoms with Gasteiger partial charge in [-0.3, -0.25) is 0 Å². The molecule has 0 bridgehead atoms. The molecule has 4 rings (SSSR count). The minimum absolute atomic E-state index is 0.466. The van der Waals surface area contributed by atoms with Crippen molar-refractivity contribution in [3.63, 3.8) is 0 Å². The minimum Gasteiger partial charge on any atom is -0.494 e. The van der Waals surface area contributed by atoms with Crippen LogP contribution in [0, 0.1) is 0 Å². The van der Waals surface area contributed by atoms with Crippen molar-refractivity contribution in [2.75, 3.05) is 6.61 Å². The molecule has 0 heterocycles. The molecule has 5 heteroatoms. The lowest BCUT2D eigenvalue weighted by molar-refractivity contribution is -0.137. The van der Waals surface area contributed by atoms with Crippen LogP contribution in [-0.2, 0) is 12.8 Å². The second kappa shape index (κ2) is 11.8. The van der Waals surface area contributed by atoms with E-state index in [9.17, 15) is 13.2 Å². The molecule has 190 valence electrons. The number of allylic oxidation sites excluding steroid dienone is 1. The SMILES string of the molecule is CCOc1ccc(/C(=C(\CC)c2ccc(C(F)(F)F)cc2)c2ccc(OCc3ccccc3)cc2)cc1. The van der Waals surface area contributed by atoms with E-state index in [1.165, 1.54) is 0 Å². The Balaban J connectivity index is 1.72. The lowest BCUT2D eigenvalue weighted by Gasteiger charge is -2.18. The van der Waals surface area contributed by atoms with Gasteiger partial charge in [0.05, 0.1) is 12.2 Å². The molecule has 4 aromatic rings. The zero-order valence-electron chi connectivity index (χ0n) is 20.9. The first-order chi connectivity index (χ1) is 17.9. The molecule has 0 saturated heterocycles. The Bertz CT molecular complexity index is 1310. The molecule has 0 atom stereocenters. The van der Waals surface area contributed by atoms with E-state index in [0.29, 0.717) is 19.6 Å². The summed E-state index contributed by atoms with van der Waals surface area (Å²) in [6, 6.07) is 31.0. The molecule has 0 spiro atoms. The van der Waals surface area contributed by atoms with Crippen molar-refractivity contribution in [3.8, 4) is 11.5 Å². The van der Waals surface area contributed by atoms with E-state index < -0.39 is 11.7 Å². The monoisotopic (exact) mass is 502 g/mol. The van der Waals surface area contributed by atoms with Crippen LogP contribution in [0.15, 0.2) is 103 Å². The summed E-state index contributed by atoms with van der Waals surface area (Å²) in [6.45, 7) is 4.98. The van der Waals surface area contributed by atoms with Crippen LogP contribution in [0.3, 0.4) is 0 Å². The number of halogens is 3. The second-order valence-corrected chi connectivity index (χ2v) is 8.54. The average Bonchev–Trinajstić information content (AvgIpc) is 2.92. The van der Waals surface area contributed by atoms with E-state index in [-0.39, 0.29) is 0 Å². The standard InChI is InChI=1S/C32H29F3O2/c1-3-30(24-10-16-27(17-11-24)32(33,34)35)31(25-12-18-28(19-13-25)36-4-2)26-14-20-29(21-15-26)37-22-23-8-6-5-7-9-23/h5-21H,3-4,22H2,1-2H3/b31-30-. The third-order valence-corrected chi connectivity index (χ3v) is 6.06. The molecule has 2 nitrogen and oxygen atoms in total. The molecule has 0 N–H and O–H groups in total. The first-order valence-electron chi connectivity index (χ1n) is 12.3. The first-order valence-corrected chi connectivity index (χ1v) is 12.3. The van der Waals surface area contributed by atoms with Gasteiger partial charge in [0, 0.05) is 0 Å². The summed E-state index contributed by atoms with van der Waals surface area (Å²) in [7, 11) is 0. The Morgan fingerprint density at radius 1 is 0.622 bits per heavy atom. The molecule has 0 aromatic heterocycles. The van der Waals surface area contributed by atoms with Crippen LogP contribution in [0.2, 0.25) is 0 Å². The number of benzene rings is 4. The lowest BCUT2D eigenvalue weighted by Crippen LogP contribution is -2.04. The maximum Gasteiger partial charge on any atom is 0.416 e. The van der Waals surface area contributed by atoms with Crippen LogP contribution in [0.1, 0.15) is 48.1 Å². The highest BCUT2D eigenvalue weighted by Crippen LogP contribution is 2.37. The van der Waals surface area contributed by atoms with E-state index in [4.69, 9.17) is 9.47 Å². The maximum absolute atomic E-state index is 13.2. The van der Waals surface area contributed by atoms with Gasteiger partial charge in [-0.05, 0) is 83.1 Å². The summed E-state index contributed by atoms with van der Waals surface area (Å²) in [5.74, 6) is 1.51. The number of hydrogen-bond donors (Lipinski definition) is 0. The fourth-order valence-electron chi connectivity index (χ4n) is 4.24. The van der Waals surface area contributed by atoms with Crippen molar-refractivity contribution in [2.24, 2.45) is 0 Å². The van der Waals surface area contributed by atoms with Gasteiger partial charge in [0.2, 0.25) is 0 Å². The highest BCUT2D eigenvalue weighted by molar-refractivity contribution is 5.98. The van der Waals surface area contributed by atoms with E-state index in [1.54, 1.807) is 12.1 Å². The second-order valence-electron chi connectivity index (χ2n) is 8.54. The molecule has 4 aromatic carbocycles. The molecule has 37 heavy (non-hydrogen) atoms. The van der Waals surface area contributed by atoms with Gasteiger partial charge in [0.15, 0.2) is 0 Å². The Labute approximate surface area is 216 Å². The van der Waals surface area contributed by atoms with Crippen LogP contribution in [0.25, 0.3) is 11.1 Å². The molecule has 0 unspecified atom stereocenters. The van der Waals surface area contributed by atoms with Gasteiger partial charge in [-0.2, -0.15) is 13.2 Å². The van der Waals surface area contributed by atoms with Crippen LogP contribution in [0.4, 0.5) is 13.2 Å². The van der Waals surface area contributed by atoms with Gasteiger partial charge in [-0.1, -0.05) is 73.7 Å².